The minimum Gasteiger partial charge on any atom is -0.371 e. The summed E-state index contributed by atoms with van der Waals surface area (Å²) in [4.78, 5) is 21.4. The first-order chi connectivity index (χ1) is 15.3. The van der Waals surface area contributed by atoms with Crippen LogP contribution in [0.2, 0.25) is 0 Å². The maximum absolute atomic E-state index is 13.0. The molecule has 2 aromatic carbocycles. The monoisotopic (exact) mass is 491 g/mol. The Morgan fingerprint density at radius 3 is 2.48 bits per heavy atom. The lowest BCUT2D eigenvalue weighted by atomic mass is 10.0. The third kappa shape index (κ3) is 6.04. The highest BCUT2D eigenvalue weighted by atomic mass is 35.5. The predicted molar refractivity (Wildman–Crippen MR) is 129 cm³/mol. The van der Waals surface area contributed by atoms with Crippen LogP contribution in [-0.2, 0) is 10.3 Å². The van der Waals surface area contributed by atoms with Gasteiger partial charge in [0.05, 0.1) is 5.69 Å². The lowest BCUT2D eigenvalue weighted by molar-refractivity contribution is 0.181. The van der Waals surface area contributed by atoms with Crippen molar-refractivity contribution in [2.24, 2.45) is 5.14 Å². The standard InChI is InChI=1S/C22H25N5O4S.ClH/c1-25(18-10-12-26(13-11-18)19-7-3-2-4-8-19)22(28)27-15-21(24-16-27)17-6-5-9-20(14-17)31-32(23,29)30;/h2-9,14-16,18H,10-13H2,1H3,(H2,23,29,30);1H. The summed E-state index contributed by atoms with van der Waals surface area (Å²) in [7, 11) is -2.31. The van der Waals surface area contributed by atoms with Crippen molar-refractivity contribution in [1.29, 1.82) is 0 Å². The van der Waals surface area contributed by atoms with Gasteiger partial charge in [0.2, 0.25) is 0 Å². The SMILES string of the molecule is CN(C(=O)n1cnc(-c2cccc(OS(N)(=O)=O)c2)c1)C1CCN(c2ccccc2)CC1.Cl. The number of nitrogens with zero attached hydrogens (tertiary/aromatic N) is 4. The van der Waals surface area contributed by atoms with Gasteiger partial charge in [-0.05, 0) is 37.1 Å². The number of carbonyl (C=O) groups excluding carboxylic acids is 1. The van der Waals surface area contributed by atoms with Crippen molar-refractivity contribution in [1.82, 2.24) is 14.5 Å². The molecule has 1 aliphatic rings. The number of halogens is 1. The summed E-state index contributed by atoms with van der Waals surface area (Å²) in [5, 5.41) is 4.92. The molecule has 3 aromatic rings. The Morgan fingerprint density at radius 2 is 1.82 bits per heavy atom. The summed E-state index contributed by atoms with van der Waals surface area (Å²) in [6, 6.07) is 16.6. The highest BCUT2D eigenvalue weighted by Crippen LogP contribution is 2.25. The van der Waals surface area contributed by atoms with Crippen molar-refractivity contribution in [3.05, 3.63) is 67.1 Å². The molecule has 2 N–H and O–H groups in total. The van der Waals surface area contributed by atoms with E-state index in [4.69, 9.17) is 9.32 Å². The van der Waals surface area contributed by atoms with Gasteiger partial charge >= 0.3 is 16.3 Å². The van der Waals surface area contributed by atoms with E-state index in [9.17, 15) is 13.2 Å². The van der Waals surface area contributed by atoms with E-state index in [2.05, 4.69) is 22.0 Å². The normalized spacial score (nSPS) is 14.4. The number of benzene rings is 2. The number of hydrogen-bond acceptors (Lipinski definition) is 6. The van der Waals surface area contributed by atoms with Crippen LogP contribution in [0.5, 0.6) is 5.75 Å². The zero-order chi connectivity index (χ0) is 22.7. The largest absolute Gasteiger partial charge is 0.380 e. The number of carbonyl (C=O) groups is 1. The Hall–Kier alpha value is -3.08. The number of para-hydroxylation sites is 1. The molecule has 0 aliphatic carbocycles. The second-order valence-electron chi connectivity index (χ2n) is 7.72. The van der Waals surface area contributed by atoms with Crippen LogP contribution in [0, 0.1) is 0 Å². The van der Waals surface area contributed by atoms with Crippen molar-refractivity contribution in [2.45, 2.75) is 18.9 Å². The summed E-state index contributed by atoms with van der Waals surface area (Å²) < 4.78 is 28.5. The van der Waals surface area contributed by atoms with Gasteiger partial charge < -0.3 is 14.0 Å². The average molecular weight is 492 g/mol. The van der Waals surface area contributed by atoms with Crippen molar-refractivity contribution >= 4 is 34.4 Å². The molecule has 0 spiro atoms. The lowest BCUT2D eigenvalue weighted by Crippen LogP contribution is -2.46. The van der Waals surface area contributed by atoms with Crippen LogP contribution in [0.25, 0.3) is 11.3 Å². The number of nitrogens with two attached hydrogens (primary N) is 1. The summed E-state index contributed by atoms with van der Waals surface area (Å²) in [6.45, 7) is 1.77. The topological polar surface area (TPSA) is 111 Å². The third-order valence-corrected chi connectivity index (χ3v) is 6.01. The predicted octanol–water partition coefficient (Wildman–Crippen LogP) is 3.12. The molecule has 1 saturated heterocycles. The van der Waals surface area contributed by atoms with E-state index >= 15 is 0 Å². The zero-order valence-electron chi connectivity index (χ0n) is 18.1. The smallest absolute Gasteiger partial charge is 0.371 e. The van der Waals surface area contributed by atoms with Crippen LogP contribution >= 0.6 is 12.4 Å². The van der Waals surface area contributed by atoms with Crippen LogP contribution in [0.15, 0.2) is 67.1 Å². The van der Waals surface area contributed by atoms with Crippen LogP contribution in [0.4, 0.5) is 10.5 Å². The Morgan fingerprint density at radius 1 is 1.12 bits per heavy atom. The van der Waals surface area contributed by atoms with Gasteiger partial charge in [0.1, 0.15) is 12.1 Å². The number of imidazole rings is 1. The number of piperidine rings is 1. The summed E-state index contributed by atoms with van der Waals surface area (Å²) in [5.41, 5.74) is 2.33. The van der Waals surface area contributed by atoms with E-state index in [0.29, 0.717) is 11.3 Å². The van der Waals surface area contributed by atoms with E-state index in [1.54, 1.807) is 23.2 Å². The highest BCUT2D eigenvalue weighted by Gasteiger charge is 2.26. The number of anilines is 1. The minimum absolute atomic E-state index is 0. The molecule has 11 heteroatoms. The van der Waals surface area contributed by atoms with Crippen LogP contribution in [-0.4, -0.2) is 55.1 Å². The van der Waals surface area contributed by atoms with Crippen LogP contribution in [0.3, 0.4) is 0 Å². The molecule has 0 radical (unpaired) electrons. The molecule has 33 heavy (non-hydrogen) atoms. The summed E-state index contributed by atoms with van der Waals surface area (Å²) >= 11 is 0. The fourth-order valence-corrected chi connectivity index (χ4v) is 4.28. The molecular formula is C22H26ClN5O4S. The molecule has 2 heterocycles. The summed E-state index contributed by atoms with van der Waals surface area (Å²) in [6.07, 6.45) is 4.84. The fraction of sp³-hybridized carbons (Fsp3) is 0.273. The molecule has 9 nitrogen and oxygen atoms in total. The molecular weight excluding hydrogens is 466 g/mol. The van der Waals surface area contributed by atoms with Gasteiger partial charge in [0.15, 0.2) is 0 Å². The van der Waals surface area contributed by atoms with Gasteiger partial charge in [-0.1, -0.05) is 30.3 Å². The van der Waals surface area contributed by atoms with E-state index in [1.165, 1.54) is 28.7 Å². The van der Waals surface area contributed by atoms with Gasteiger partial charge in [0, 0.05) is 43.6 Å². The quantitative estimate of drug-likeness (QED) is 0.587. The second kappa shape index (κ2) is 10.2. The van der Waals surface area contributed by atoms with E-state index in [-0.39, 0.29) is 30.2 Å². The highest BCUT2D eigenvalue weighted by molar-refractivity contribution is 7.84. The molecule has 0 atom stereocenters. The number of aromatic nitrogens is 2. The first-order valence-corrected chi connectivity index (χ1v) is 11.7. The first kappa shape index (κ1) is 24.6. The molecule has 0 saturated carbocycles. The van der Waals surface area contributed by atoms with Gasteiger partial charge in [-0.2, -0.15) is 13.6 Å². The maximum atomic E-state index is 13.0. The molecule has 0 bridgehead atoms. The van der Waals surface area contributed by atoms with E-state index < -0.39 is 10.3 Å². The molecule has 4 rings (SSSR count). The van der Waals surface area contributed by atoms with Crippen molar-refractivity contribution < 1.29 is 17.4 Å². The minimum atomic E-state index is -4.12. The number of hydrogen-bond donors (Lipinski definition) is 1. The van der Waals surface area contributed by atoms with Crippen molar-refractivity contribution in [2.75, 3.05) is 25.0 Å². The molecule has 176 valence electrons. The Kier molecular flexibility index (Phi) is 7.62. The van der Waals surface area contributed by atoms with Gasteiger partial charge in [0.25, 0.3) is 0 Å². The average Bonchev–Trinajstić information content (AvgIpc) is 3.28. The number of rotatable bonds is 5. The van der Waals surface area contributed by atoms with Crippen molar-refractivity contribution in [3.8, 4) is 17.0 Å². The second-order valence-corrected chi connectivity index (χ2v) is 8.87. The third-order valence-electron chi connectivity index (χ3n) is 5.58. The molecule has 1 fully saturated rings. The van der Waals surface area contributed by atoms with E-state index in [0.717, 1.165) is 25.9 Å². The van der Waals surface area contributed by atoms with Crippen LogP contribution in [0.1, 0.15) is 12.8 Å². The molecule has 1 amide bonds. The molecule has 0 unspecified atom stereocenters. The van der Waals surface area contributed by atoms with Crippen molar-refractivity contribution in [3.63, 3.8) is 0 Å². The zero-order valence-corrected chi connectivity index (χ0v) is 19.7. The lowest BCUT2D eigenvalue weighted by Gasteiger charge is -2.37. The van der Waals surface area contributed by atoms with E-state index in [1.807, 2.05) is 25.2 Å². The number of amides is 1. The van der Waals surface area contributed by atoms with Gasteiger partial charge in [-0.25, -0.2) is 9.78 Å². The Balaban J connectivity index is 0.00000306. The Labute approximate surface area is 199 Å². The van der Waals surface area contributed by atoms with Crippen LogP contribution < -0.4 is 14.2 Å². The Bertz CT molecular complexity index is 1190. The fourth-order valence-electron chi connectivity index (χ4n) is 3.91. The maximum Gasteiger partial charge on any atom is 0.380 e. The molecule has 1 aliphatic heterocycles. The first-order valence-electron chi connectivity index (χ1n) is 10.2. The van der Waals surface area contributed by atoms with Gasteiger partial charge in [-0.15, -0.1) is 12.4 Å². The molecule has 1 aromatic heterocycles. The van der Waals surface area contributed by atoms with Gasteiger partial charge in [-0.3, -0.25) is 4.57 Å². The summed E-state index contributed by atoms with van der Waals surface area (Å²) in [5.74, 6) is 0.0770.